The molecule has 0 unspecified atom stereocenters. The summed E-state index contributed by atoms with van der Waals surface area (Å²) in [5.41, 5.74) is 0.728. The van der Waals surface area contributed by atoms with Crippen LogP contribution in [0.25, 0.3) is 0 Å². The largest absolute Gasteiger partial charge is 0.504 e. The van der Waals surface area contributed by atoms with Crippen LogP contribution in [0.3, 0.4) is 0 Å². The minimum Gasteiger partial charge on any atom is -0.504 e. The van der Waals surface area contributed by atoms with Gasteiger partial charge in [0.1, 0.15) is 6.10 Å². The molecular weight excluding hydrogens is 306 g/mol. The number of rotatable bonds is 1. The number of phenols is 1. The lowest BCUT2D eigenvalue weighted by molar-refractivity contribution is -0.209. The molecule has 3 aliphatic carbocycles. The summed E-state index contributed by atoms with van der Waals surface area (Å²) in [7, 11) is 0. The average Bonchev–Trinajstić information content (AvgIpc) is 3.32. The van der Waals surface area contributed by atoms with E-state index in [4.69, 9.17) is 4.74 Å². The van der Waals surface area contributed by atoms with Gasteiger partial charge in [-0.25, -0.2) is 0 Å². The summed E-state index contributed by atoms with van der Waals surface area (Å²) in [6.45, 7) is 0.943. The van der Waals surface area contributed by atoms with Gasteiger partial charge in [-0.3, -0.25) is 4.90 Å². The van der Waals surface area contributed by atoms with Gasteiger partial charge < -0.3 is 20.1 Å². The van der Waals surface area contributed by atoms with Gasteiger partial charge in [-0.15, -0.1) is 0 Å². The number of likely N-dealkylation sites (tertiary alicyclic amines) is 1. The van der Waals surface area contributed by atoms with Crippen molar-refractivity contribution in [2.24, 2.45) is 0 Å². The Balaban J connectivity index is 1.63. The number of aliphatic hydroxyl groups is 2. The zero-order chi connectivity index (χ0) is 16.3. The van der Waals surface area contributed by atoms with Crippen molar-refractivity contribution in [1.29, 1.82) is 0 Å². The summed E-state index contributed by atoms with van der Waals surface area (Å²) in [4.78, 5) is 2.52. The van der Waals surface area contributed by atoms with Gasteiger partial charge in [-0.1, -0.05) is 6.07 Å². The highest BCUT2D eigenvalue weighted by Gasteiger charge is 2.73. The van der Waals surface area contributed by atoms with E-state index >= 15 is 0 Å². The van der Waals surface area contributed by atoms with E-state index in [1.807, 2.05) is 6.07 Å². The van der Waals surface area contributed by atoms with Gasteiger partial charge >= 0.3 is 0 Å². The zero-order valence-electron chi connectivity index (χ0n) is 13.6. The Hall–Kier alpha value is -1.30. The molecule has 1 saturated heterocycles. The molecule has 5 nitrogen and oxygen atoms in total. The summed E-state index contributed by atoms with van der Waals surface area (Å²) in [5.74, 6) is 0.644. The standard InChI is InChI=1S/C19H23NO4/c21-12-4-1-10-9-14-19(23)6-5-13(22)17-18(19,15(10)16(12)24-17)7-8-20(14)11-2-3-11/h1,4,11,13-14,17,21-23H,2-3,5-9H2/t13-,14+,17-,18-,19+/m0/s1. The van der Waals surface area contributed by atoms with Crippen molar-refractivity contribution in [1.82, 2.24) is 4.90 Å². The van der Waals surface area contributed by atoms with Crippen molar-refractivity contribution in [2.75, 3.05) is 6.54 Å². The first-order valence-electron chi connectivity index (χ1n) is 9.24. The zero-order valence-corrected chi connectivity index (χ0v) is 13.6. The minimum absolute atomic E-state index is 0.0975. The summed E-state index contributed by atoms with van der Waals surface area (Å²) in [6.07, 6.45) is 4.20. The highest BCUT2D eigenvalue weighted by atomic mass is 16.5. The number of ether oxygens (including phenoxy) is 1. The molecular formula is C19H23NO4. The molecule has 3 fully saturated rings. The highest BCUT2D eigenvalue weighted by molar-refractivity contribution is 5.62. The van der Waals surface area contributed by atoms with E-state index < -0.39 is 23.2 Å². The third-order valence-corrected chi connectivity index (χ3v) is 7.49. The van der Waals surface area contributed by atoms with Crippen LogP contribution in [0.15, 0.2) is 12.1 Å². The molecule has 2 aliphatic heterocycles. The van der Waals surface area contributed by atoms with Crippen LogP contribution in [0, 0.1) is 0 Å². The Morgan fingerprint density at radius 1 is 1.17 bits per heavy atom. The maximum Gasteiger partial charge on any atom is 0.165 e. The predicted molar refractivity (Wildman–Crippen MR) is 86.2 cm³/mol. The number of hydrogen-bond donors (Lipinski definition) is 3. The van der Waals surface area contributed by atoms with E-state index in [0.717, 1.165) is 24.9 Å². The van der Waals surface area contributed by atoms with Crippen molar-refractivity contribution in [2.45, 2.75) is 73.8 Å². The van der Waals surface area contributed by atoms with E-state index in [1.165, 1.54) is 18.4 Å². The van der Waals surface area contributed by atoms with Crippen molar-refractivity contribution in [3.63, 3.8) is 0 Å². The molecule has 128 valence electrons. The van der Waals surface area contributed by atoms with E-state index in [9.17, 15) is 15.3 Å². The molecule has 5 atom stereocenters. The monoisotopic (exact) mass is 329 g/mol. The third kappa shape index (κ3) is 1.33. The van der Waals surface area contributed by atoms with E-state index in [1.54, 1.807) is 6.07 Å². The molecule has 5 heteroatoms. The molecule has 0 aromatic heterocycles. The Kier molecular flexibility index (Phi) is 2.37. The molecule has 24 heavy (non-hydrogen) atoms. The van der Waals surface area contributed by atoms with Gasteiger partial charge in [0.2, 0.25) is 0 Å². The van der Waals surface area contributed by atoms with Crippen molar-refractivity contribution in [3.05, 3.63) is 23.3 Å². The fraction of sp³-hybridized carbons (Fsp3) is 0.684. The molecule has 1 aromatic carbocycles. The van der Waals surface area contributed by atoms with Crippen LogP contribution in [0.4, 0.5) is 0 Å². The van der Waals surface area contributed by atoms with Gasteiger partial charge in [0, 0.05) is 17.6 Å². The average molecular weight is 329 g/mol. The number of piperidine rings is 1. The highest BCUT2D eigenvalue weighted by Crippen LogP contribution is 2.65. The fourth-order valence-electron chi connectivity index (χ4n) is 6.39. The summed E-state index contributed by atoms with van der Waals surface area (Å²) in [5, 5.41) is 32.9. The summed E-state index contributed by atoms with van der Waals surface area (Å²) in [6, 6.07) is 4.41. The molecule has 3 N–H and O–H groups in total. The summed E-state index contributed by atoms with van der Waals surface area (Å²) < 4.78 is 6.12. The van der Waals surface area contributed by atoms with Gasteiger partial charge in [-0.05, 0) is 56.7 Å². The maximum absolute atomic E-state index is 12.0. The van der Waals surface area contributed by atoms with Crippen LogP contribution in [0.2, 0.25) is 0 Å². The normalized spacial score (nSPS) is 45.7. The Morgan fingerprint density at radius 3 is 2.79 bits per heavy atom. The molecule has 2 heterocycles. The molecule has 1 spiro atoms. The number of hydrogen-bond acceptors (Lipinski definition) is 5. The van der Waals surface area contributed by atoms with Gasteiger partial charge in [0.25, 0.3) is 0 Å². The van der Waals surface area contributed by atoms with Crippen LogP contribution in [-0.2, 0) is 11.8 Å². The number of benzene rings is 1. The van der Waals surface area contributed by atoms with Crippen molar-refractivity contribution < 1.29 is 20.1 Å². The third-order valence-electron chi connectivity index (χ3n) is 7.49. The first-order chi connectivity index (χ1) is 11.6. The van der Waals surface area contributed by atoms with Crippen LogP contribution in [0.5, 0.6) is 11.5 Å². The maximum atomic E-state index is 12.0. The molecule has 0 amide bonds. The quantitative estimate of drug-likeness (QED) is 0.719. The van der Waals surface area contributed by atoms with Gasteiger partial charge in [0.05, 0.1) is 17.1 Å². The molecule has 2 saturated carbocycles. The predicted octanol–water partition coefficient (Wildman–Crippen LogP) is 1.07. The molecule has 6 rings (SSSR count). The van der Waals surface area contributed by atoms with Crippen LogP contribution < -0.4 is 4.74 Å². The van der Waals surface area contributed by atoms with Crippen LogP contribution >= 0.6 is 0 Å². The van der Waals surface area contributed by atoms with Crippen molar-refractivity contribution in [3.8, 4) is 11.5 Å². The van der Waals surface area contributed by atoms with Gasteiger partial charge in [-0.2, -0.15) is 0 Å². The van der Waals surface area contributed by atoms with Crippen LogP contribution in [-0.4, -0.2) is 56.7 Å². The Morgan fingerprint density at radius 2 is 2.00 bits per heavy atom. The molecule has 5 aliphatic rings. The summed E-state index contributed by atoms with van der Waals surface area (Å²) >= 11 is 0. The second kappa shape index (κ2) is 4.09. The smallest absolute Gasteiger partial charge is 0.165 e. The van der Waals surface area contributed by atoms with Crippen molar-refractivity contribution >= 4 is 0 Å². The molecule has 0 radical (unpaired) electrons. The number of aliphatic hydroxyl groups excluding tert-OH is 1. The van der Waals surface area contributed by atoms with Gasteiger partial charge in [0.15, 0.2) is 11.5 Å². The molecule has 2 bridgehead atoms. The van der Waals surface area contributed by atoms with Crippen LogP contribution in [0.1, 0.15) is 43.2 Å². The fourth-order valence-corrected chi connectivity index (χ4v) is 6.39. The van der Waals surface area contributed by atoms with E-state index in [2.05, 4.69) is 4.90 Å². The Labute approximate surface area is 140 Å². The lowest BCUT2D eigenvalue weighted by atomic mass is 9.48. The van der Waals surface area contributed by atoms with E-state index in [-0.39, 0.29) is 11.8 Å². The minimum atomic E-state index is -0.871. The SMILES string of the molecule is Oc1ccc2c3c1O[C@H]1[C@@H](O)CC[C@@]4(O)[C@@H](C2)N(C2CC2)CC[C@]314. The number of aromatic hydroxyl groups is 1. The first-order valence-corrected chi connectivity index (χ1v) is 9.24. The topological polar surface area (TPSA) is 73.2 Å². The lowest BCUT2D eigenvalue weighted by Crippen LogP contribution is -2.77. The molecule has 1 aromatic rings. The second-order valence-corrected chi connectivity index (χ2v) is 8.43. The van der Waals surface area contributed by atoms with E-state index in [0.29, 0.717) is 24.6 Å². The second-order valence-electron chi connectivity index (χ2n) is 8.43. The first kappa shape index (κ1) is 13.9. The lowest BCUT2D eigenvalue weighted by Gasteiger charge is -2.63. The Bertz CT molecular complexity index is 747. The number of phenolic OH excluding ortho intramolecular Hbond substituents is 1. The number of nitrogens with zero attached hydrogens (tertiary/aromatic N) is 1.